The zero-order valence-electron chi connectivity index (χ0n) is 12.5. The number of likely N-dealkylation sites (N-methyl/N-ethyl adjacent to an activating group) is 1. The SMILES string of the molecule is Cc1cc(NCCN(C)C)nc(Nc2cccc(Cl)c2)n1. The normalized spacial score (nSPS) is 10.7. The molecule has 0 aliphatic carbocycles. The summed E-state index contributed by atoms with van der Waals surface area (Å²) in [5, 5.41) is 7.14. The molecule has 21 heavy (non-hydrogen) atoms. The van der Waals surface area contributed by atoms with E-state index < -0.39 is 0 Å². The maximum Gasteiger partial charge on any atom is 0.229 e. The van der Waals surface area contributed by atoms with Gasteiger partial charge in [-0.3, -0.25) is 0 Å². The molecule has 0 saturated heterocycles. The van der Waals surface area contributed by atoms with Crippen LogP contribution >= 0.6 is 11.6 Å². The fourth-order valence-electron chi connectivity index (χ4n) is 1.82. The van der Waals surface area contributed by atoms with Gasteiger partial charge in [0.15, 0.2) is 0 Å². The highest BCUT2D eigenvalue weighted by Crippen LogP contribution is 2.19. The monoisotopic (exact) mass is 305 g/mol. The van der Waals surface area contributed by atoms with Gasteiger partial charge in [-0.15, -0.1) is 0 Å². The largest absolute Gasteiger partial charge is 0.369 e. The Hall–Kier alpha value is -1.85. The van der Waals surface area contributed by atoms with Crippen molar-refractivity contribution >= 4 is 29.1 Å². The zero-order valence-corrected chi connectivity index (χ0v) is 13.3. The van der Waals surface area contributed by atoms with E-state index in [1.165, 1.54) is 0 Å². The number of benzene rings is 1. The van der Waals surface area contributed by atoms with E-state index in [9.17, 15) is 0 Å². The van der Waals surface area contributed by atoms with Gasteiger partial charge in [0.05, 0.1) is 0 Å². The highest BCUT2D eigenvalue weighted by atomic mass is 35.5. The molecule has 5 nitrogen and oxygen atoms in total. The van der Waals surface area contributed by atoms with Crippen molar-refractivity contribution in [2.75, 3.05) is 37.8 Å². The number of aryl methyl sites for hydroxylation is 1. The number of hydrogen-bond donors (Lipinski definition) is 2. The Morgan fingerprint density at radius 1 is 1.19 bits per heavy atom. The van der Waals surface area contributed by atoms with E-state index >= 15 is 0 Å². The second-order valence-electron chi connectivity index (χ2n) is 5.08. The maximum absolute atomic E-state index is 5.97. The Morgan fingerprint density at radius 3 is 2.71 bits per heavy atom. The lowest BCUT2D eigenvalue weighted by Gasteiger charge is -2.12. The molecular weight excluding hydrogens is 286 g/mol. The molecule has 112 valence electrons. The van der Waals surface area contributed by atoms with Gasteiger partial charge in [-0.05, 0) is 39.2 Å². The third-order valence-electron chi connectivity index (χ3n) is 2.80. The molecule has 1 heterocycles. The van der Waals surface area contributed by atoms with Gasteiger partial charge in [0.1, 0.15) is 5.82 Å². The van der Waals surface area contributed by atoms with Crippen molar-refractivity contribution in [2.24, 2.45) is 0 Å². The van der Waals surface area contributed by atoms with E-state index in [1.807, 2.05) is 51.4 Å². The zero-order chi connectivity index (χ0) is 15.2. The van der Waals surface area contributed by atoms with Crippen LogP contribution in [0.2, 0.25) is 5.02 Å². The lowest BCUT2D eigenvalue weighted by molar-refractivity contribution is 0.425. The summed E-state index contributed by atoms with van der Waals surface area (Å²) < 4.78 is 0. The molecule has 0 fully saturated rings. The predicted octanol–water partition coefficient (Wildman–Crippen LogP) is 3.16. The van der Waals surface area contributed by atoms with E-state index in [0.717, 1.165) is 30.3 Å². The van der Waals surface area contributed by atoms with E-state index in [-0.39, 0.29) is 0 Å². The topological polar surface area (TPSA) is 53.1 Å². The second-order valence-corrected chi connectivity index (χ2v) is 5.52. The first kappa shape index (κ1) is 15.5. The Kier molecular flexibility index (Phi) is 5.36. The first-order valence-electron chi connectivity index (χ1n) is 6.80. The molecule has 0 bridgehead atoms. The molecule has 2 aromatic rings. The van der Waals surface area contributed by atoms with Crippen molar-refractivity contribution in [3.8, 4) is 0 Å². The Balaban J connectivity index is 2.07. The third kappa shape index (κ3) is 5.21. The van der Waals surface area contributed by atoms with Crippen LogP contribution < -0.4 is 10.6 Å². The Labute approximate surface area is 130 Å². The van der Waals surface area contributed by atoms with Gasteiger partial charge in [0.25, 0.3) is 0 Å². The summed E-state index contributed by atoms with van der Waals surface area (Å²) in [4.78, 5) is 11.0. The highest BCUT2D eigenvalue weighted by molar-refractivity contribution is 6.30. The number of rotatable bonds is 6. The van der Waals surface area contributed by atoms with Crippen molar-refractivity contribution in [1.29, 1.82) is 0 Å². The summed E-state index contributed by atoms with van der Waals surface area (Å²) in [6.45, 7) is 3.72. The number of nitrogens with one attached hydrogen (secondary N) is 2. The van der Waals surface area contributed by atoms with Crippen molar-refractivity contribution in [1.82, 2.24) is 14.9 Å². The number of halogens is 1. The smallest absolute Gasteiger partial charge is 0.229 e. The van der Waals surface area contributed by atoms with Crippen LogP contribution in [0, 0.1) is 6.92 Å². The minimum atomic E-state index is 0.560. The van der Waals surface area contributed by atoms with Gasteiger partial charge >= 0.3 is 0 Å². The first-order valence-corrected chi connectivity index (χ1v) is 7.17. The summed E-state index contributed by atoms with van der Waals surface area (Å²) >= 11 is 5.97. The predicted molar refractivity (Wildman–Crippen MR) is 88.5 cm³/mol. The Morgan fingerprint density at radius 2 is 2.00 bits per heavy atom. The molecule has 0 aliphatic rings. The molecule has 0 atom stereocenters. The van der Waals surface area contributed by atoms with Gasteiger partial charge in [0, 0.05) is 35.6 Å². The summed E-state index contributed by atoms with van der Waals surface area (Å²) in [6, 6.07) is 9.41. The van der Waals surface area contributed by atoms with Crippen molar-refractivity contribution in [3.05, 3.63) is 41.0 Å². The molecular formula is C15H20ClN5. The van der Waals surface area contributed by atoms with Gasteiger partial charge < -0.3 is 15.5 Å². The molecule has 1 aromatic heterocycles. The molecule has 2 rings (SSSR count). The van der Waals surface area contributed by atoms with Crippen LogP contribution in [0.25, 0.3) is 0 Å². The number of hydrogen-bond acceptors (Lipinski definition) is 5. The van der Waals surface area contributed by atoms with Crippen LogP contribution in [0.1, 0.15) is 5.69 Å². The third-order valence-corrected chi connectivity index (χ3v) is 3.04. The fourth-order valence-corrected chi connectivity index (χ4v) is 2.01. The average molecular weight is 306 g/mol. The molecule has 2 N–H and O–H groups in total. The van der Waals surface area contributed by atoms with Gasteiger partial charge in [0.2, 0.25) is 5.95 Å². The van der Waals surface area contributed by atoms with E-state index in [4.69, 9.17) is 11.6 Å². The van der Waals surface area contributed by atoms with Crippen molar-refractivity contribution in [3.63, 3.8) is 0 Å². The standard InChI is InChI=1S/C15H20ClN5/c1-11-9-14(17-7-8-21(2)3)20-15(18-11)19-13-6-4-5-12(16)10-13/h4-6,9-10H,7-8H2,1-3H3,(H2,17,18,19,20). The van der Waals surface area contributed by atoms with E-state index in [0.29, 0.717) is 11.0 Å². The lowest BCUT2D eigenvalue weighted by atomic mass is 10.3. The van der Waals surface area contributed by atoms with Gasteiger partial charge in [-0.1, -0.05) is 17.7 Å². The van der Waals surface area contributed by atoms with Crippen molar-refractivity contribution in [2.45, 2.75) is 6.92 Å². The second kappa shape index (κ2) is 7.24. The molecule has 0 amide bonds. The van der Waals surface area contributed by atoms with Crippen LogP contribution in [0.5, 0.6) is 0 Å². The lowest BCUT2D eigenvalue weighted by Crippen LogP contribution is -2.21. The number of aromatic nitrogens is 2. The van der Waals surface area contributed by atoms with Crippen LogP contribution in [-0.4, -0.2) is 42.1 Å². The molecule has 6 heteroatoms. The van der Waals surface area contributed by atoms with Gasteiger partial charge in [-0.25, -0.2) is 4.98 Å². The summed E-state index contributed by atoms with van der Waals surface area (Å²) in [7, 11) is 4.08. The molecule has 0 aliphatic heterocycles. The number of anilines is 3. The molecule has 0 radical (unpaired) electrons. The molecule has 0 unspecified atom stereocenters. The van der Waals surface area contributed by atoms with Crippen molar-refractivity contribution < 1.29 is 0 Å². The Bertz CT molecular complexity index is 600. The average Bonchev–Trinajstić information content (AvgIpc) is 2.37. The quantitative estimate of drug-likeness (QED) is 0.858. The summed E-state index contributed by atoms with van der Waals surface area (Å²) in [5.41, 5.74) is 1.77. The minimum Gasteiger partial charge on any atom is -0.369 e. The molecule has 0 spiro atoms. The van der Waals surface area contributed by atoms with Crippen LogP contribution in [-0.2, 0) is 0 Å². The van der Waals surface area contributed by atoms with Crippen LogP contribution in [0.4, 0.5) is 17.5 Å². The highest BCUT2D eigenvalue weighted by Gasteiger charge is 2.03. The number of nitrogens with zero attached hydrogens (tertiary/aromatic N) is 3. The van der Waals surface area contributed by atoms with Crippen LogP contribution in [0.15, 0.2) is 30.3 Å². The van der Waals surface area contributed by atoms with E-state index in [1.54, 1.807) is 0 Å². The fraction of sp³-hybridized carbons (Fsp3) is 0.333. The minimum absolute atomic E-state index is 0.560. The summed E-state index contributed by atoms with van der Waals surface area (Å²) in [5.74, 6) is 1.37. The molecule has 0 saturated carbocycles. The van der Waals surface area contributed by atoms with E-state index in [2.05, 4.69) is 25.5 Å². The van der Waals surface area contributed by atoms with Crippen LogP contribution in [0.3, 0.4) is 0 Å². The first-order chi connectivity index (χ1) is 10.0. The maximum atomic E-state index is 5.97. The summed E-state index contributed by atoms with van der Waals surface area (Å²) in [6.07, 6.45) is 0. The van der Waals surface area contributed by atoms with Gasteiger partial charge in [-0.2, -0.15) is 4.98 Å². The molecule has 1 aromatic carbocycles.